The maximum Gasteiger partial charge on any atom is 0.417 e. The third-order valence-electron chi connectivity index (χ3n) is 4.73. The van der Waals surface area contributed by atoms with Crippen molar-refractivity contribution in [2.45, 2.75) is 32.0 Å². The van der Waals surface area contributed by atoms with Crippen molar-refractivity contribution < 1.29 is 22.8 Å². The molecule has 1 saturated carbocycles. The van der Waals surface area contributed by atoms with E-state index in [0.717, 1.165) is 18.9 Å². The van der Waals surface area contributed by atoms with E-state index in [9.17, 15) is 22.8 Å². The van der Waals surface area contributed by atoms with Gasteiger partial charge in [0.1, 0.15) is 0 Å². The summed E-state index contributed by atoms with van der Waals surface area (Å²) in [6.45, 7) is 2.06. The molecule has 2 atom stereocenters. The average molecular weight is 340 g/mol. The molecule has 1 aliphatic carbocycles. The molecule has 0 radical (unpaired) electrons. The summed E-state index contributed by atoms with van der Waals surface area (Å²) >= 11 is 0. The van der Waals surface area contributed by atoms with Gasteiger partial charge >= 0.3 is 6.18 Å². The summed E-state index contributed by atoms with van der Waals surface area (Å²) in [6, 6.07) is 4.66. The standard InChI is InChI=1S/C17H19F3N2O2/c1-10(23)21-15-9-22(8-13(15)11-6-7-11)16(24)12-4-2-3-5-14(12)17(18,19)20/h2-5,11,13,15H,6-9H2,1H3,(H,21,23)/t13-,15+/m0/s1. The predicted molar refractivity (Wildman–Crippen MR) is 81.2 cm³/mol. The van der Waals surface area contributed by atoms with Gasteiger partial charge in [-0.2, -0.15) is 13.2 Å². The van der Waals surface area contributed by atoms with Crippen molar-refractivity contribution in [1.29, 1.82) is 0 Å². The van der Waals surface area contributed by atoms with Gasteiger partial charge in [0.15, 0.2) is 0 Å². The van der Waals surface area contributed by atoms with E-state index in [1.807, 2.05) is 0 Å². The van der Waals surface area contributed by atoms with Crippen LogP contribution in [0.4, 0.5) is 13.2 Å². The van der Waals surface area contributed by atoms with Crippen molar-refractivity contribution >= 4 is 11.8 Å². The van der Waals surface area contributed by atoms with Crippen LogP contribution in [0.25, 0.3) is 0 Å². The molecule has 0 unspecified atom stereocenters. The fourth-order valence-electron chi connectivity index (χ4n) is 3.50. The first-order chi connectivity index (χ1) is 11.3. The zero-order chi connectivity index (χ0) is 17.5. The first kappa shape index (κ1) is 16.8. The lowest BCUT2D eigenvalue weighted by Crippen LogP contribution is -2.40. The minimum atomic E-state index is -4.57. The van der Waals surface area contributed by atoms with E-state index in [1.165, 1.54) is 30.0 Å². The fraction of sp³-hybridized carbons (Fsp3) is 0.529. The van der Waals surface area contributed by atoms with Crippen molar-refractivity contribution in [3.8, 4) is 0 Å². The molecule has 130 valence electrons. The van der Waals surface area contributed by atoms with Gasteiger partial charge in [0.05, 0.1) is 17.2 Å². The minimum absolute atomic E-state index is 0.121. The summed E-state index contributed by atoms with van der Waals surface area (Å²) in [4.78, 5) is 25.4. The van der Waals surface area contributed by atoms with Gasteiger partial charge < -0.3 is 10.2 Å². The molecule has 0 spiro atoms. The minimum Gasteiger partial charge on any atom is -0.351 e. The topological polar surface area (TPSA) is 49.4 Å². The summed E-state index contributed by atoms with van der Waals surface area (Å²) in [5.74, 6) is -0.245. The number of benzene rings is 1. The Morgan fingerprint density at radius 3 is 2.42 bits per heavy atom. The predicted octanol–water partition coefficient (Wildman–Crippen LogP) is 2.69. The summed E-state index contributed by atoms with van der Waals surface area (Å²) < 4.78 is 39.4. The quantitative estimate of drug-likeness (QED) is 0.920. The molecule has 2 fully saturated rings. The van der Waals surface area contributed by atoms with Crippen molar-refractivity contribution in [3.63, 3.8) is 0 Å². The molecule has 1 aliphatic heterocycles. The molecule has 2 aliphatic rings. The lowest BCUT2D eigenvalue weighted by atomic mass is 9.98. The van der Waals surface area contributed by atoms with Crippen LogP contribution in [0.15, 0.2) is 24.3 Å². The summed E-state index contributed by atoms with van der Waals surface area (Å²) in [7, 11) is 0. The van der Waals surface area contributed by atoms with E-state index in [0.29, 0.717) is 12.5 Å². The number of likely N-dealkylation sites (tertiary alicyclic amines) is 1. The number of nitrogens with one attached hydrogen (secondary N) is 1. The van der Waals surface area contributed by atoms with E-state index in [1.54, 1.807) is 0 Å². The van der Waals surface area contributed by atoms with Crippen LogP contribution in [0, 0.1) is 11.8 Å². The van der Waals surface area contributed by atoms with Crippen LogP contribution < -0.4 is 5.32 Å². The van der Waals surface area contributed by atoms with Gasteiger partial charge in [-0.25, -0.2) is 0 Å². The van der Waals surface area contributed by atoms with Crippen LogP contribution in [0.3, 0.4) is 0 Å². The highest BCUT2D eigenvalue weighted by Gasteiger charge is 2.45. The Bertz CT molecular complexity index is 655. The number of carbonyl (C=O) groups excluding carboxylic acids is 2. The molecular formula is C17H19F3N2O2. The molecule has 0 bridgehead atoms. The van der Waals surface area contributed by atoms with Crippen LogP contribution in [-0.2, 0) is 11.0 Å². The molecule has 1 aromatic rings. The Labute approximate surface area is 138 Å². The maximum absolute atomic E-state index is 13.1. The Kier molecular flexibility index (Phi) is 4.27. The molecule has 7 heteroatoms. The van der Waals surface area contributed by atoms with Gasteiger partial charge in [-0.15, -0.1) is 0 Å². The molecule has 1 saturated heterocycles. The SMILES string of the molecule is CC(=O)N[C@@H]1CN(C(=O)c2ccccc2C(F)(F)F)C[C@H]1C1CC1. The molecule has 2 amide bonds. The second kappa shape index (κ2) is 6.11. The van der Waals surface area contributed by atoms with E-state index < -0.39 is 17.6 Å². The smallest absolute Gasteiger partial charge is 0.351 e. The van der Waals surface area contributed by atoms with Gasteiger partial charge in [0.25, 0.3) is 5.91 Å². The van der Waals surface area contributed by atoms with Crippen LogP contribution in [-0.4, -0.2) is 35.8 Å². The summed E-state index contributed by atoms with van der Waals surface area (Å²) in [6.07, 6.45) is -2.48. The number of carbonyl (C=O) groups is 2. The number of hydrogen-bond donors (Lipinski definition) is 1. The Hall–Kier alpha value is -2.05. The molecule has 24 heavy (non-hydrogen) atoms. The molecule has 4 nitrogen and oxygen atoms in total. The van der Waals surface area contributed by atoms with Gasteiger partial charge in [0.2, 0.25) is 5.91 Å². The fourth-order valence-corrected chi connectivity index (χ4v) is 3.50. The van der Waals surface area contributed by atoms with Crippen LogP contribution in [0.1, 0.15) is 35.7 Å². The third-order valence-corrected chi connectivity index (χ3v) is 4.73. The first-order valence-electron chi connectivity index (χ1n) is 8.00. The van der Waals surface area contributed by atoms with Crippen LogP contribution in [0.2, 0.25) is 0 Å². The lowest BCUT2D eigenvalue weighted by Gasteiger charge is -2.19. The molecule has 3 rings (SSSR count). The number of halogens is 3. The number of amides is 2. The number of nitrogens with zero attached hydrogens (tertiary/aromatic N) is 1. The molecule has 1 aromatic carbocycles. The van der Waals surface area contributed by atoms with E-state index in [-0.39, 0.29) is 30.0 Å². The second-order valence-corrected chi connectivity index (χ2v) is 6.56. The zero-order valence-electron chi connectivity index (χ0n) is 13.3. The second-order valence-electron chi connectivity index (χ2n) is 6.56. The molecular weight excluding hydrogens is 321 g/mol. The largest absolute Gasteiger partial charge is 0.417 e. The molecule has 0 aromatic heterocycles. The number of rotatable bonds is 3. The van der Waals surface area contributed by atoms with E-state index in [4.69, 9.17) is 0 Å². The normalized spacial score (nSPS) is 24.1. The Morgan fingerprint density at radius 1 is 1.17 bits per heavy atom. The first-order valence-corrected chi connectivity index (χ1v) is 8.00. The van der Waals surface area contributed by atoms with E-state index in [2.05, 4.69) is 5.32 Å². The third kappa shape index (κ3) is 3.39. The molecule has 1 heterocycles. The lowest BCUT2D eigenvalue weighted by molar-refractivity contribution is -0.138. The van der Waals surface area contributed by atoms with Crippen molar-refractivity contribution in [3.05, 3.63) is 35.4 Å². The highest BCUT2D eigenvalue weighted by Crippen LogP contribution is 2.42. The van der Waals surface area contributed by atoms with Crippen LogP contribution >= 0.6 is 0 Å². The highest BCUT2D eigenvalue weighted by molar-refractivity contribution is 5.96. The molecule has 1 N–H and O–H groups in total. The van der Waals surface area contributed by atoms with Gasteiger partial charge in [-0.1, -0.05) is 12.1 Å². The van der Waals surface area contributed by atoms with Gasteiger partial charge in [0, 0.05) is 25.9 Å². The number of alkyl halides is 3. The maximum atomic E-state index is 13.1. The average Bonchev–Trinajstić information content (AvgIpc) is 3.27. The van der Waals surface area contributed by atoms with Crippen molar-refractivity contribution in [1.82, 2.24) is 10.2 Å². The summed E-state index contributed by atoms with van der Waals surface area (Å²) in [5.41, 5.74) is -1.25. The highest BCUT2D eigenvalue weighted by atomic mass is 19.4. The number of hydrogen-bond acceptors (Lipinski definition) is 2. The van der Waals surface area contributed by atoms with Crippen LogP contribution in [0.5, 0.6) is 0 Å². The van der Waals surface area contributed by atoms with Crippen molar-refractivity contribution in [2.75, 3.05) is 13.1 Å². The monoisotopic (exact) mass is 340 g/mol. The van der Waals surface area contributed by atoms with E-state index >= 15 is 0 Å². The zero-order valence-corrected chi connectivity index (χ0v) is 13.3. The Morgan fingerprint density at radius 2 is 1.83 bits per heavy atom. The van der Waals surface area contributed by atoms with Crippen molar-refractivity contribution in [2.24, 2.45) is 11.8 Å². The summed E-state index contributed by atoms with van der Waals surface area (Å²) in [5, 5.41) is 2.84. The van der Waals surface area contributed by atoms with Gasteiger partial charge in [-0.3, -0.25) is 9.59 Å². The van der Waals surface area contributed by atoms with Gasteiger partial charge in [-0.05, 0) is 30.9 Å². The Balaban J connectivity index is 1.82.